The number of benzene rings is 2. The fourth-order valence-corrected chi connectivity index (χ4v) is 2.69. The van der Waals surface area contributed by atoms with Gasteiger partial charge in [0.25, 0.3) is 0 Å². The zero-order valence-corrected chi connectivity index (χ0v) is 11.4. The summed E-state index contributed by atoms with van der Waals surface area (Å²) in [6, 6.07) is 8.23. The predicted molar refractivity (Wildman–Crippen MR) is 75.3 cm³/mol. The van der Waals surface area contributed by atoms with Crippen LogP contribution in [0.2, 0.25) is 10.0 Å². The fraction of sp³-hybridized carbons (Fsp3) is 0.133. The van der Waals surface area contributed by atoms with Crippen LogP contribution in [-0.4, -0.2) is 6.10 Å². The Bertz CT molecular complexity index is 655. The molecule has 97 valence electrons. The van der Waals surface area contributed by atoms with E-state index in [1.165, 1.54) is 6.07 Å². The van der Waals surface area contributed by atoms with Gasteiger partial charge in [0.05, 0.1) is 5.02 Å². The van der Waals surface area contributed by atoms with E-state index in [-0.39, 0.29) is 11.1 Å². The van der Waals surface area contributed by atoms with Crippen molar-refractivity contribution in [2.75, 3.05) is 0 Å². The Morgan fingerprint density at radius 3 is 2.74 bits per heavy atom. The second-order valence-corrected chi connectivity index (χ2v) is 5.36. The summed E-state index contributed by atoms with van der Waals surface area (Å²) in [6.07, 6.45) is 0.598. The second-order valence-electron chi connectivity index (χ2n) is 4.51. The third-order valence-corrected chi connectivity index (χ3v) is 3.60. The first-order valence-electron chi connectivity index (χ1n) is 5.82. The summed E-state index contributed by atoms with van der Waals surface area (Å²) in [5.41, 5.74) is 2.61. The second kappa shape index (κ2) is 4.69. The van der Waals surface area contributed by atoms with Crippen LogP contribution in [0.4, 0.5) is 4.39 Å². The molecule has 1 aliphatic heterocycles. The van der Waals surface area contributed by atoms with Crippen LogP contribution in [0.15, 0.2) is 30.3 Å². The van der Waals surface area contributed by atoms with Crippen molar-refractivity contribution in [3.05, 3.63) is 58.7 Å². The molecule has 0 saturated heterocycles. The molecule has 0 saturated carbocycles. The molecular weight excluding hydrogens is 286 g/mol. The molecule has 1 aliphatic rings. The lowest BCUT2D eigenvalue weighted by atomic mass is 10.0. The monoisotopic (exact) mass is 295 g/mol. The molecule has 1 nitrogen and oxygen atoms in total. The van der Waals surface area contributed by atoms with E-state index in [0.29, 0.717) is 5.02 Å². The average Bonchev–Trinajstić information content (AvgIpc) is 2.72. The smallest absolute Gasteiger partial charge is 0.141 e. The highest BCUT2D eigenvalue weighted by atomic mass is 35.5. The van der Waals surface area contributed by atoms with E-state index in [9.17, 15) is 4.39 Å². The third kappa shape index (κ3) is 2.31. The first-order chi connectivity index (χ1) is 9.04. The van der Waals surface area contributed by atoms with Gasteiger partial charge in [-0.3, -0.25) is 0 Å². The molecule has 1 heterocycles. The summed E-state index contributed by atoms with van der Waals surface area (Å²) >= 11 is 11.9. The molecule has 1 atom stereocenters. The fourth-order valence-electron chi connectivity index (χ4n) is 2.27. The molecule has 2 aromatic rings. The molecule has 0 aromatic heterocycles. The van der Waals surface area contributed by atoms with Crippen molar-refractivity contribution in [1.82, 2.24) is 0 Å². The van der Waals surface area contributed by atoms with Crippen molar-refractivity contribution in [2.24, 2.45) is 0 Å². The number of hydrogen-bond acceptors (Lipinski definition) is 1. The van der Waals surface area contributed by atoms with Crippen LogP contribution in [0.25, 0.3) is 11.1 Å². The molecule has 2 aromatic carbocycles. The third-order valence-electron chi connectivity index (χ3n) is 3.09. The highest BCUT2D eigenvalue weighted by Gasteiger charge is 2.24. The van der Waals surface area contributed by atoms with Crippen LogP contribution in [0.5, 0.6) is 5.75 Å². The van der Waals surface area contributed by atoms with Gasteiger partial charge in [-0.1, -0.05) is 29.3 Å². The van der Waals surface area contributed by atoms with Crippen molar-refractivity contribution >= 4 is 23.2 Å². The van der Waals surface area contributed by atoms with Crippen molar-refractivity contribution in [1.29, 1.82) is 0 Å². The van der Waals surface area contributed by atoms with Gasteiger partial charge >= 0.3 is 0 Å². The molecule has 1 radical (unpaired) electrons. The zero-order chi connectivity index (χ0) is 13.6. The van der Waals surface area contributed by atoms with Crippen molar-refractivity contribution in [3.63, 3.8) is 0 Å². The summed E-state index contributed by atoms with van der Waals surface area (Å²) in [5.74, 6) is 0.312. The minimum Gasteiger partial charge on any atom is -0.489 e. The molecule has 4 heteroatoms. The maximum atomic E-state index is 13.2. The van der Waals surface area contributed by atoms with E-state index < -0.39 is 5.82 Å². The van der Waals surface area contributed by atoms with E-state index >= 15 is 0 Å². The summed E-state index contributed by atoms with van der Waals surface area (Å²) in [6.45, 7) is 3.90. The van der Waals surface area contributed by atoms with Crippen LogP contribution in [0.1, 0.15) is 5.56 Å². The molecule has 0 spiro atoms. The zero-order valence-electron chi connectivity index (χ0n) is 9.92. The van der Waals surface area contributed by atoms with Crippen LogP contribution < -0.4 is 4.74 Å². The molecule has 0 fully saturated rings. The first kappa shape index (κ1) is 12.8. The molecule has 19 heavy (non-hydrogen) atoms. The standard InChI is InChI=1S/C15H10Cl2FO/c1-8-4-10-5-11(16)7-12(15(10)19-8)9-2-3-14(18)13(17)6-9/h2-3,5-8H,1,4H2. The Kier molecular flexibility index (Phi) is 3.15. The van der Waals surface area contributed by atoms with Crippen LogP contribution in [0, 0.1) is 12.7 Å². The normalized spacial score (nSPS) is 17.2. The van der Waals surface area contributed by atoms with Crippen LogP contribution in [0.3, 0.4) is 0 Å². The Labute approximate surface area is 120 Å². The lowest BCUT2D eigenvalue weighted by molar-refractivity contribution is 0.282. The Hall–Kier alpha value is -1.25. The number of fused-ring (bicyclic) bond motifs is 1. The van der Waals surface area contributed by atoms with E-state index in [1.54, 1.807) is 18.2 Å². The summed E-state index contributed by atoms with van der Waals surface area (Å²) in [7, 11) is 0. The van der Waals surface area contributed by atoms with Crippen LogP contribution in [-0.2, 0) is 6.42 Å². The van der Waals surface area contributed by atoms with Crippen molar-refractivity contribution in [3.8, 4) is 16.9 Å². The van der Waals surface area contributed by atoms with Gasteiger partial charge in [-0.05, 0) is 42.3 Å². The van der Waals surface area contributed by atoms with E-state index in [1.807, 2.05) is 6.07 Å². The van der Waals surface area contributed by atoms with Gasteiger partial charge in [0.1, 0.15) is 17.7 Å². The number of halogens is 3. The number of hydrogen-bond donors (Lipinski definition) is 0. The van der Waals surface area contributed by atoms with Gasteiger partial charge in [0.15, 0.2) is 0 Å². The maximum absolute atomic E-state index is 13.2. The SMILES string of the molecule is [CH2]C1Cc2cc(Cl)cc(-c3ccc(F)c(Cl)c3)c2O1. The lowest BCUT2D eigenvalue weighted by Crippen LogP contribution is -2.06. The summed E-state index contributed by atoms with van der Waals surface area (Å²) in [4.78, 5) is 0. The largest absolute Gasteiger partial charge is 0.489 e. The Morgan fingerprint density at radius 2 is 2.00 bits per heavy atom. The maximum Gasteiger partial charge on any atom is 0.141 e. The van der Waals surface area contributed by atoms with E-state index in [2.05, 4.69) is 6.92 Å². The molecular formula is C15H10Cl2FO. The quantitative estimate of drug-likeness (QED) is 0.724. The lowest BCUT2D eigenvalue weighted by Gasteiger charge is -2.11. The predicted octanol–water partition coefficient (Wildman–Crippen LogP) is 4.94. The molecule has 3 rings (SSSR count). The summed E-state index contributed by atoms with van der Waals surface area (Å²) in [5, 5.41) is 0.697. The first-order valence-corrected chi connectivity index (χ1v) is 6.58. The molecule has 1 unspecified atom stereocenters. The Morgan fingerprint density at radius 1 is 1.21 bits per heavy atom. The topological polar surface area (TPSA) is 9.23 Å². The summed E-state index contributed by atoms with van der Waals surface area (Å²) < 4.78 is 18.9. The molecule has 0 bridgehead atoms. The van der Waals surface area contributed by atoms with Crippen LogP contribution >= 0.6 is 23.2 Å². The van der Waals surface area contributed by atoms with Crippen molar-refractivity contribution in [2.45, 2.75) is 12.5 Å². The Balaban J connectivity index is 2.18. The number of ether oxygens (including phenoxy) is 1. The van der Waals surface area contributed by atoms with Crippen molar-refractivity contribution < 1.29 is 9.13 Å². The number of rotatable bonds is 1. The van der Waals surface area contributed by atoms with Gasteiger partial charge in [0, 0.05) is 17.0 Å². The minimum absolute atomic E-state index is 0.0791. The van der Waals surface area contributed by atoms with Gasteiger partial charge in [0.2, 0.25) is 0 Å². The minimum atomic E-state index is -0.444. The average molecular weight is 296 g/mol. The van der Waals surface area contributed by atoms with Gasteiger partial charge in [-0.15, -0.1) is 0 Å². The highest BCUT2D eigenvalue weighted by molar-refractivity contribution is 6.31. The molecule has 0 N–H and O–H groups in total. The van der Waals surface area contributed by atoms with E-state index in [0.717, 1.165) is 28.9 Å². The van der Waals surface area contributed by atoms with E-state index in [4.69, 9.17) is 27.9 Å². The van der Waals surface area contributed by atoms with Gasteiger partial charge < -0.3 is 4.74 Å². The highest BCUT2D eigenvalue weighted by Crippen LogP contribution is 2.41. The molecule has 0 amide bonds. The molecule has 0 aliphatic carbocycles. The van der Waals surface area contributed by atoms with Gasteiger partial charge in [-0.25, -0.2) is 4.39 Å². The van der Waals surface area contributed by atoms with Gasteiger partial charge in [-0.2, -0.15) is 0 Å².